The van der Waals surface area contributed by atoms with E-state index in [9.17, 15) is 13.2 Å². The Morgan fingerprint density at radius 3 is 2.00 bits per heavy atom. The molecule has 4 rings (SSSR count). The fourth-order valence-electron chi connectivity index (χ4n) is 2.98. The number of aromatic nitrogens is 2. The smallest absolute Gasteiger partial charge is 0.338 e. The minimum absolute atomic E-state index is 0.362. The highest BCUT2D eigenvalue weighted by Gasteiger charge is 2.30. The molecule has 0 aliphatic rings. The van der Waals surface area contributed by atoms with E-state index >= 15 is 0 Å². The number of aromatic amines is 1. The second-order valence-electron chi connectivity index (χ2n) is 6.29. The van der Waals surface area contributed by atoms with Gasteiger partial charge in [-0.15, -0.1) is 0 Å². The summed E-state index contributed by atoms with van der Waals surface area (Å²) in [5.41, 5.74) is 9.76. The van der Waals surface area contributed by atoms with Crippen LogP contribution in [0.5, 0.6) is 0 Å². The van der Waals surface area contributed by atoms with Gasteiger partial charge in [-0.25, -0.2) is 4.98 Å². The number of imidazole rings is 1. The minimum atomic E-state index is -4.37. The molecule has 0 fully saturated rings. The van der Waals surface area contributed by atoms with Gasteiger partial charge in [0.05, 0.1) is 16.6 Å². The third-order valence-corrected chi connectivity index (χ3v) is 4.49. The molecule has 1 aromatic heterocycles. The summed E-state index contributed by atoms with van der Waals surface area (Å²) in [6.45, 7) is 0.501. The molecule has 0 amide bonds. The molecule has 6 heteroatoms. The zero-order valence-corrected chi connectivity index (χ0v) is 14.2. The minimum Gasteiger partial charge on any atom is -0.338 e. The maximum atomic E-state index is 12.9. The molecule has 0 spiro atoms. The van der Waals surface area contributed by atoms with Crippen molar-refractivity contribution in [2.24, 2.45) is 5.73 Å². The molecule has 0 bridgehead atoms. The highest BCUT2D eigenvalue weighted by molar-refractivity contribution is 5.80. The SMILES string of the molecule is NCc1ccc(-c2ccc(-c3nc4ccc(C(F)(F)F)cc4[nH]3)cc2)cc1. The van der Waals surface area contributed by atoms with Crippen molar-refractivity contribution in [1.29, 1.82) is 0 Å². The summed E-state index contributed by atoms with van der Waals surface area (Å²) in [5, 5.41) is 0. The van der Waals surface area contributed by atoms with Crippen LogP contribution in [0.4, 0.5) is 13.2 Å². The quantitative estimate of drug-likeness (QED) is 0.511. The van der Waals surface area contributed by atoms with E-state index in [1.54, 1.807) is 0 Å². The Balaban J connectivity index is 1.65. The second-order valence-corrected chi connectivity index (χ2v) is 6.29. The zero-order valence-electron chi connectivity index (χ0n) is 14.2. The molecular formula is C21H16F3N3. The van der Waals surface area contributed by atoms with Crippen molar-refractivity contribution >= 4 is 11.0 Å². The molecule has 136 valence electrons. The molecule has 0 saturated heterocycles. The Bertz CT molecular complexity index is 1080. The summed E-state index contributed by atoms with van der Waals surface area (Å²) in [7, 11) is 0. The molecule has 0 saturated carbocycles. The van der Waals surface area contributed by atoms with E-state index in [1.807, 2.05) is 48.5 Å². The maximum absolute atomic E-state index is 12.9. The highest BCUT2D eigenvalue weighted by Crippen LogP contribution is 2.32. The molecule has 27 heavy (non-hydrogen) atoms. The first-order chi connectivity index (χ1) is 12.9. The third kappa shape index (κ3) is 3.44. The van der Waals surface area contributed by atoms with Crippen LogP contribution >= 0.6 is 0 Å². The monoisotopic (exact) mass is 367 g/mol. The van der Waals surface area contributed by atoms with Crippen LogP contribution in [0.1, 0.15) is 11.1 Å². The van der Waals surface area contributed by atoms with E-state index in [0.717, 1.165) is 34.4 Å². The van der Waals surface area contributed by atoms with Crippen LogP contribution in [0, 0.1) is 0 Å². The Labute approximate surface area is 153 Å². The lowest BCUT2D eigenvalue weighted by molar-refractivity contribution is -0.137. The summed E-state index contributed by atoms with van der Waals surface area (Å²) in [6, 6.07) is 19.2. The average Bonchev–Trinajstić information content (AvgIpc) is 3.11. The number of hydrogen-bond donors (Lipinski definition) is 2. The van der Waals surface area contributed by atoms with Gasteiger partial charge in [0.15, 0.2) is 0 Å². The molecule has 3 nitrogen and oxygen atoms in total. The summed E-state index contributed by atoms with van der Waals surface area (Å²) in [4.78, 5) is 7.37. The van der Waals surface area contributed by atoms with Crippen LogP contribution in [0.15, 0.2) is 66.7 Å². The molecule has 0 atom stereocenters. The van der Waals surface area contributed by atoms with Gasteiger partial charge in [0.2, 0.25) is 0 Å². The summed E-state index contributed by atoms with van der Waals surface area (Å²) in [6.07, 6.45) is -4.37. The Kier molecular flexibility index (Phi) is 4.20. The van der Waals surface area contributed by atoms with Crippen molar-refractivity contribution in [2.75, 3.05) is 0 Å². The van der Waals surface area contributed by atoms with Crippen LogP contribution in [0.3, 0.4) is 0 Å². The van der Waals surface area contributed by atoms with Gasteiger partial charge in [0.1, 0.15) is 5.82 Å². The molecule has 0 aliphatic carbocycles. The van der Waals surface area contributed by atoms with Crippen LogP contribution in [0.25, 0.3) is 33.5 Å². The first-order valence-corrected chi connectivity index (χ1v) is 8.41. The van der Waals surface area contributed by atoms with Crippen molar-refractivity contribution in [3.63, 3.8) is 0 Å². The summed E-state index contributed by atoms with van der Waals surface area (Å²) >= 11 is 0. The molecule has 3 N–H and O–H groups in total. The first kappa shape index (κ1) is 17.3. The average molecular weight is 367 g/mol. The number of alkyl halides is 3. The Morgan fingerprint density at radius 1 is 0.815 bits per heavy atom. The van der Waals surface area contributed by atoms with Crippen LogP contribution in [-0.2, 0) is 12.7 Å². The van der Waals surface area contributed by atoms with E-state index < -0.39 is 11.7 Å². The molecule has 3 aromatic carbocycles. The van der Waals surface area contributed by atoms with E-state index in [1.165, 1.54) is 6.07 Å². The molecular weight excluding hydrogens is 351 g/mol. The number of benzene rings is 3. The van der Waals surface area contributed by atoms with Crippen molar-refractivity contribution < 1.29 is 13.2 Å². The Hall–Kier alpha value is -3.12. The lowest BCUT2D eigenvalue weighted by Gasteiger charge is -2.05. The number of hydrogen-bond acceptors (Lipinski definition) is 2. The number of nitrogens with zero attached hydrogens (tertiary/aromatic N) is 1. The molecule has 0 radical (unpaired) electrons. The Morgan fingerprint density at radius 2 is 1.41 bits per heavy atom. The largest absolute Gasteiger partial charge is 0.416 e. The predicted molar refractivity (Wildman–Crippen MR) is 99.9 cm³/mol. The lowest BCUT2D eigenvalue weighted by atomic mass is 10.0. The lowest BCUT2D eigenvalue weighted by Crippen LogP contribution is -2.04. The molecule has 4 aromatic rings. The van der Waals surface area contributed by atoms with E-state index in [4.69, 9.17) is 5.73 Å². The fourth-order valence-corrected chi connectivity index (χ4v) is 2.98. The van der Waals surface area contributed by atoms with E-state index in [-0.39, 0.29) is 0 Å². The van der Waals surface area contributed by atoms with Gasteiger partial charge in [-0.1, -0.05) is 48.5 Å². The van der Waals surface area contributed by atoms with Gasteiger partial charge in [0.25, 0.3) is 0 Å². The van der Waals surface area contributed by atoms with Crippen molar-refractivity contribution in [1.82, 2.24) is 9.97 Å². The second kappa shape index (κ2) is 6.55. The summed E-state index contributed by atoms with van der Waals surface area (Å²) in [5.74, 6) is 0.536. The van der Waals surface area contributed by atoms with E-state index in [0.29, 0.717) is 23.4 Å². The maximum Gasteiger partial charge on any atom is 0.416 e. The normalized spacial score (nSPS) is 11.9. The first-order valence-electron chi connectivity index (χ1n) is 8.41. The van der Waals surface area contributed by atoms with Crippen molar-refractivity contribution in [3.05, 3.63) is 77.9 Å². The number of fused-ring (bicyclic) bond motifs is 1. The van der Waals surface area contributed by atoms with Gasteiger partial charge in [-0.3, -0.25) is 0 Å². The number of nitrogens with two attached hydrogens (primary N) is 1. The van der Waals surface area contributed by atoms with Crippen LogP contribution < -0.4 is 5.73 Å². The predicted octanol–water partition coefficient (Wildman–Crippen LogP) is 5.37. The van der Waals surface area contributed by atoms with Gasteiger partial charge >= 0.3 is 6.18 Å². The van der Waals surface area contributed by atoms with Gasteiger partial charge in [0, 0.05) is 12.1 Å². The highest BCUT2D eigenvalue weighted by atomic mass is 19.4. The fraction of sp³-hybridized carbons (Fsp3) is 0.0952. The standard InChI is InChI=1S/C21H16F3N3/c22-21(23,24)17-9-10-18-19(11-17)27-20(26-18)16-7-5-15(6-8-16)14-3-1-13(12-25)2-4-14/h1-11H,12,25H2,(H,26,27). The number of H-pyrrole nitrogens is 1. The molecule has 1 heterocycles. The number of rotatable bonds is 3. The zero-order chi connectivity index (χ0) is 19.0. The number of halogens is 3. The third-order valence-electron chi connectivity index (χ3n) is 4.49. The van der Waals surface area contributed by atoms with Gasteiger partial charge in [-0.2, -0.15) is 13.2 Å². The number of nitrogens with one attached hydrogen (secondary N) is 1. The van der Waals surface area contributed by atoms with Crippen LogP contribution in [-0.4, -0.2) is 9.97 Å². The van der Waals surface area contributed by atoms with Crippen LogP contribution in [0.2, 0.25) is 0 Å². The van der Waals surface area contributed by atoms with Gasteiger partial charge < -0.3 is 10.7 Å². The molecule has 0 unspecified atom stereocenters. The van der Waals surface area contributed by atoms with Gasteiger partial charge in [-0.05, 0) is 34.9 Å². The topological polar surface area (TPSA) is 54.7 Å². The molecule has 0 aliphatic heterocycles. The van der Waals surface area contributed by atoms with Crippen molar-refractivity contribution in [2.45, 2.75) is 12.7 Å². The summed E-state index contributed by atoms with van der Waals surface area (Å²) < 4.78 is 38.6. The van der Waals surface area contributed by atoms with Crippen molar-refractivity contribution in [3.8, 4) is 22.5 Å². The van der Waals surface area contributed by atoms with E-state index in [2.05, 4.69) is 9.97 Å².